The lowest BCUT2D eigenvalue weighted by Crippen LogP contribution is -2.46. The Hall–Kier alpha value is -0.880. The van der Waals surface area contributed by atoms with Gasteiger partial charge in [-0.05, 0) is 25.3 Å². The van der Waals surface area contributed by atoms with E-state index in [4.69, 9.17) is 12.2 Å². The van der Waals surface area contributed by atoms with Crippen LogP contribution in [0, 0.1) is 0 Å². The molecule has 0 aromatic heterocycles. The summed E-state index contributed by atoms with van der Waals surface area (Å²) in [4.78, 5) is 17.3. The molecule has 0 bridgehead atoms. The molecule has 5 nitrogen and oxygen atoms in total. The van der Waals surface area contributed by atoms with Crippen molar-refractivity contribution in [1.29, 1.82) is 0 Å². The Kier molecular flexibility index (Phi) is 7.82. The highest BCUT2D eigenvalue weighted by Gasteiger charge is 2.11. The van der Waals surface area contributed by atoms with Gasteiger partial charge in [0.1, 0.15) is 0 Å². The van der Waals surface area contributed by atoms with Crippen molar-refractivity contribution in [1.82, 2.24) is 20.0 Å². The molecule has 17 heavy (non-hydrogen) atoms. The standard InChI is InChI=1S/C11H24N4OS/c1-6-15(7-2)9-8-14(5)10(16)12-11(17)13(3)4/h6-9H2,1-5H3,(H,12,16,17). The van der Waals surface area contributed by atoms with Gasteiger partial charge < -0.3 is 14.7 Å². The van der Waals surface area contributed by atoms with Gasteiger partial charge in [0.05, 0.1) is 0 Å². The van der Waals surface area contributed by atoms with Crippen LogP contribution < -0.4 is 5.32 Å². The minimum Gasteiger partial charge on any atom is -0.355 e. The molecule has 0 aromatic carbocycles. The summed E-state index contributed by atoms with van der Waals surface area (Å²) in [6.07, 6.45) is 0. The van der Waals surface area contributed by atoms with E-state index in [-0.39, 0.29) is 6.03 Å². The molecule has 0 unspecified atom stereocenters. The zero-order valence-corrected chi connectivity index (χ0v) is 12.3. The number of nitrogens with zero attached hydrogens (tertiary/aromatic N) is 3. The van der Waals surface area contributed by atoms with Crippen LogP contribution in [0.3, 0.4) is 0 Å². The van der Waals surface area contributed by atoms with Crippen molar-refractivity contribution in [3.63, 3.8) is 0 Å². The van der Waals surface area contributed by atoms with Crippen LogP contribution in [0.25, 0.3) is 0 Å². The summed E-state index contributed by atoms with van der Waals surface area (Å²) in [5, 5.41) is 3.10. The molecule has 0 aliphatic rings. The molecular weight excluding hydrogens is 236 g/mol. The van der Waals surface area contributed by atoms with Gasteiger partial charge in [-0.1, -0.05) is 13.8 Å². The summed E-state index contributed by atoms with van der Waals surface area (Å²) >= 11 is 5.01. The Bertz CT molecular complexity index is 254. The number of carbonyl (C=O) groups is 1. The molecule has 0 rings (SSSR count). The van der Waals surface area contributed by atoms with Crippen LogP contribution >= 0.6 is 12.2 Å². The predicted molar refractivity (Wildman–Crippen MR) is 75.2 cm³/mol. The fourth-order valence-electron chi connectivity index (χ4n) is 1.23. The van der Waals surface area contributed by atoms with Crippen LogP contribution in [0.5, 0.6) is 0 Å². The Morgan fingerprint density at radius 2 is 1.65 bits per heavy atom. The number of carbonyl (C=O) groups excluding carboxylic acids is 1. The summed E-state index contributed by atoms with van der Waals surface area (Å²) in [7, 11) is 5.38. The molecule has 0 saturated heterocycles. The van der Waals surface area contributed by atoms with Gasteiger partial charge in [-0.15, -0.1) is 0 Å². The second-order valence-corrected chi connectivity index (χ2v) is 4.46. The monoisotopic (exact) mass is 260 g/mol. The molecule has 0 saturated carbocycles. The van der Waals surface area contributed by atoms with Crippen LogP contribution in [0.1, 0.15) is 13.8 Å². The largest absolute Gasteiger partial charge is 0.355 e. The number of hydrogen-bond donors (Lipinski definition) is 1. The van der Waals surface area contributed by atoms with Crippen LogP contribution in [0.4, 0.5) is 4.79 Å². The van der Waals surface area contributed by atoms with Crippen LogP contribution in [0.15, 0.2) is 0 Å². The van der Waals surface area contributed by atoms with E-state index in [0.717, 1.165) is 19.6 Å². The minimum atomic E-state index is -0.157. The van der Waals surface area contributed by atoms with Crippen molar-refractivity contribution in [3.05, 3.63) is 0 Å². The molecule has 2 amide bonds. The third kappa shape index (κ3) is 6.43. The first-order chi connectivity index (χ1) is 7.92. The van der Waals surface area contributed by atoms with Crippen molar-refractivity contribution in [2.24, 2.45) is 0 Å². The van der Waals surface area contributed by atoms with Gasteiger partial charge in [0.15, 0.2) is 5.11 Å². The second-order valence-electron chi connectivity index (χ2n) is 4.08. The number of urea groups is 1. The zero-order valence-electron chi connectivity index (χ0n) is 11.5. The number of nitrogens with one attached hydrogen (secondary N) is 1. The van der Waals surface area contributed by atoms with Crippen LogP contribution in [-0.4, -0.2) is 73.2 Å². The van der Waals surface area contributed by atoms with E-state index >= 15 is 0 Å². The lowest BCUT2D eigenvalue weighted by molar-refractivity contribution is 0.201. The Morgan fingerprint density at radius 1 is 1.12 bits per heavy atom. The molecule has 100 valence electrons. The van der Waals surface area contributed by atoms with Gasteiger partial charge in [-0.25, -0.2) is 4.79 Å². The van der Waals surface area contributed by atoms with Crippen molar-refractivity contribution in [3.8, 4) is 0 Å². The average molecular weight is 260 g/mol. The molecule has 6 heteroatoms. The fourth-order valence-corrected chi connectivity index (χ4v) is 1.32. The maximum atomic E-state index is 11.7. The maximum absolute atomic E-state index is 11.7. The number of likely N-dealkylation sites (N-methyl/N-ethyl adjacent to an activating group) is 2. The van der Waals surface area contributed by atoms with Crippen molar-refractivity contribution < 1.29 is 4.79 Å². The first-order valence-corrected chi connectivity index (χ1v) is 6.28. The van der Waals surface area contributed by atoms with Crippen LogP contribution in [0.2, 0.25) is 0 Å². The topological polar surface area (TPSA) is 38.8 Å². The third-order valence-corrected chi connectivity index (χ3v) is 3.08. The van der Waals surface area contributed by atoms with E-state index in [9.17, 15) is 4.79 Å². The highest BCUT2D eigenvalue weighted by atomic mass is 32.1. The highest BCUT2D eigenvalue weighted by Crippen LogP contribution is 1.91. The molecule has 0 atom stereocenters. The number of rotatable bonds is 5. The molecule has 0 aliphatic heterocycles. The Morgan fingerprint density at radius 3 is 2.06 bits per heavy atom. The smallest absolute Gasteiger partial charge is 0.323 e. The quantitative estimate of drug-likeness (QED) is 0.743. The van der Waals surface area contributed by atoms with Crippen molar-refractivity contribution in [2.45, 2.75) is 13.8 Å². The molecule has 0 spiro atoms. The fraction of sp³-hybridized carbons (Fsp3) is 0.818. The predicted octanol–water partition coefficient (Wildman–Crippen LogP) is 0.816. The number of hydrogen-bond acceptors (Lipinski definition) is 3. The van der Waals surface area contributed by atoms with Gasteiger partial charge in [-0.2, -0.15) is 0 Å². The normalized spacial score (nSPS) is 10.2. The minimum absolute atomic E-state index is 0.157. The van der Waals surface area contributed by atoms with E-state index in [0.29, 0.717) is 11.7 Å². The van der Waals surface area contributed by atoms with Gasteiger partial charge >= 0.3 is 6.03 Å². The summed E-state index contributed by atoms with van der Waals surface area (Å²) in [5.74, 6) is 0. The van der Waals surface area contributed by atoms with Crippen LogP contribution in [-0.2, 0) is 0 Å². The molecule has 0 aromatic rings. The van der Waals surface area contributed by atoms with Gasteiger partial charge in [0.2, 0.25) is 0 Å². The van der Waals surface area contributed by atoms with Gasteiger partial charge in [0, 0.05) is 34.2 Å². The zero-order chi connectivity index (χ0) is 13.4. The van der Waals surface area contributed by atoms with E-state index in [1.54, 1.807) is 30.9 Å². The maximum Gasteiger partial charge on any atom is 0.323 e. The molecule has 1 N–H and O–H groups in total. The molecule has 0 heterocycles. The molecule has 0 aliphatic carbocycles. The summed E-state index contributed by atoms with van der Waals surface area (Å²) in [6, 6.07) is -0.157. The van der Waals surface area contributed by atoms with E-state index in [1.165, 1.54) is 0 Å². The second kappa shape index (κ2) is 8.25. The first-order valence-electron chi connectivity index (χ1n) is 5.88. The Balaban J connectivity index is 4.01. The SMILES string of the molecule is CCN(CC)CCN(C)C(=O)NC(=S)N(C)C. The van der Waals surface area contributed by atoms with Gasteiger partial charge in [-0.3, -0.25) is 5.32 Å². The Labute approximate surface area is 110 Å². The van der Waals surface area contributed by atoms with Crippen molar-refractivity contribution >= 4 is 23.4 Å². The average Bonchev–Trinajstić information content (AvgIpc) is 2.29. The number of amides is 2. The first kappa shape index (κ1) is 16.1. The lowest BCUT2D eigenvalue weighted by Gasteiger charge is -2.24. The van der Waals surface area contributed by atoms with E-state index in [1.807, 2.05) is 0 Å². The van der Waals surface area contributed by atoms with Crippen molar-refractivity contribution in [2.75, 3.05) is 47.3 Å². The van der Waals surface area contributed by atoms with Gasteiger partial charge in [0.25, 0.3) is 0 Å². The highest BCUT2D eigenvalue weighted by molar-refractivity contribution is 7.80. The summed E-state index contributed by atoms with van der Waals surface area (Å²) < 4.78 is 0. The molecule has 0 fully saturated rings. The molecular formula is C11H24N4OS. The van der Waals surface area contributed by atoms with E-state index < -0.39 is 0 Å². The third-order valence-electron chi connectivity index (χ3n) is 2.61. The number of thiocarbonyl (C=S) groups is 1. The molecule has 0 radical (unpaired) electrons. The summed E-state index contributed by atoms with van der Waals surface area (Å²) in [5.41, 5.74) is 0. The summed E-state index contributed by atoms with van der Waals surface area (Å²) in [6.45, 7) is 7.81. The lowest BCUT2D eigenvalue weighted by atomic mass is 10.4. The van der Waals surface area contributed by atoms with E-state index in [2.05, 4.69) is 24.1 Å².